The lowest BCUT2D eigenvalue weighted by molar-refractivity contribution is -0.119. The van der Waals surface area contributed by atoms with Gasteiger partial charge in [-0.15, -0.1) is 11.3 Å². The number of thiazole rings is 1. The van der Waals surface area contributed by atoms with Crippen molar-refractivity contribution in [3.63, 3.8) is 0 Å². The third-order valence-electron chi connectivity index (χ3n) is 3.00. The minimum atomic E-state index is -0.0800. The molecule has 0 fully saturated rings. The van der Waals surface area contributed by atoms with Gasteiger partial charge in [-0.05, 0) is 24.3 Å². The Hall–Kier alpha value is -1.92. The van der Waals surface area contributed by atoms with E-state index in [1.807, 2.05) is 41.8 Å². The van der Waals surface area contributed by atoms with E-state index in [9.17, 15) is 4.79 Å². The fourth-order valence-corrected chi connectivity index (χ4v) is 3.17. The van der Waals surface area contributed by atoms with Gasteiger partial charge in [-0.25, -0.2) is 4.98 Å². The minimum Gasteiger partial charge on any atom is -0.458 e. The zero-order chi connectivity index (χ0) is 15.5. The van der Waals surface area contributed by atoms with E-state index in [4.69, 9.17) is 4.42 Å². The molecular weight excluding hydrogens is 364 g/mol. The fraction of sp³-hybridized carbons (Fsp3) is 0.125. The average molecular weight is 377 g/mol. The highest BCUT2D eigenvalue weighted by Gasteiger charge is 2.11. The Kier molecular flexibility index (Phi) is 4.40. The number of aromatic nitrogens is 1. The second kappa shape index (κ2) is 6.46. The third kappa shape index (κ3) is 3.45. The first kappa shape index (κ1) is 15.0. The molecule has 0 aliphatic carbocycles. The molecule has 1 amide bonds. The van der Waals surface area contributed by atoms with Crippen LogP contribution in [0.15, 0.2) is 50.7 Å². The summed E-state index contributed by atoms with van der Waals surface area (Å²) in [5.74, 6) is 1.34. The predicted octanol–water partition coefficient (Wildman–Crippen LogP) is 4.47. The van der Waals surface area contributed by atoms with Gasteiger partial charge in [0, 0.05) is 22.3 Å². The maximum Gasteiger partial charge on any atom is 0.217 e. The molecule has 0 radical (unpaired) electrons. The number of halogens is 1. The molecule has 22 heavy (non-hydrogen) atoms. The largest absolute Gasteiger partial charge is 0.458 e. The highest BCUT2D eigenvalue weighted by molar-refractivity contribution is 9.10. The summed E-state index contributed by atoms with van der Waals surface area (Å²) in [7, 11) is 0. The van der Waals surface area contributed by atoms with Crippen molar-refractivity contribution in [2.45, 2.75) is 13.5 Å². The van der Waals surface area contributed by atoms with Crippen molar-refractivity contribution in [2.24, 2.45) is 0 Å². The monoisotopic (exact) mass is 376 g/mol. The molecule has 0 spiro atoms. The Labute approximate surface area is 140 Å². The van der Waals surface area contributed by atoms with E-state index >= 15 is 0 Å². The molecule has 0 atom stereocenters. The van der Waals surface area contributed by atoms with Gasteiger partial charge in [0.1, 0.15) is 16.5 Å². The zero-order valence-electron chi connectivity index (χ0n) is 11.8. The lowest BCUT2D eigenvalue weighted by Crippen LogP contribution is -2.18. The molecule has 1 N–H and O–H groups in total. The summed E-state index contributed by atoms with van der Waals surface area (Å²) in [6.45, 7) is 1.87. The molecule has 3 aromatic rings. The number of benzene rings is 1. The van der Waals surface area contributed by atoms with Gasteiger partial charge in [0.25, 0.3) is 0 Å². The Morgan fingerprint density at radius 1 is 1.36 bits per heavy atom. The van der Waals surface area contributed by atoms with E-state index < -0.39 is 0 Å². The summed E-state index contributed by atoms with van der Waals surface area (Å²) in [4.78, 5) is 15.5. The highest BCUT2D eigenvalue weighted by atomic mass is 79.9. The van der Waals surface area contributed by atoms with E-state index in [1.165, 1.54) is 6.92 Å². The van der Waals surface area contributed by atoms with E-state index in [0.29, 0.717) is 18.1 Å². The summed E-state index contributed by atoms with van der Waals surface area (Å²) < 4.78 is 6.74. The molecular formula is C16H13BrN2O2S. The van der Waals surface area contributed by atoms with Gasteiger partial charge in [0.2, 0.25) is 5.91 Å². The molecule has 4 nitrogen and oxygen atoms in total. The number of hydrogen-bond acceptors (Lipinski definition) is 4. The van der Waals surface area contributed by atoms with Crippen molar-refractivity contribution in [1.29, 1.82) is 0 Å². The molecule has 2 heterocycles. The van der Waals surface area contributed by atoms with Crippen molar-refractivity contribution in [3.05, 3.63) is 52.0 Å². The van der Waals surface area contributed by atoms with Crippen LogP contribution in [0.25, 0.3) is 22.0 Å². The van der Waals surface area contributed by atoms with Crippen molar-refractivity contribution in [2.75, 3.05) is 0 Å². The van der Waals surface area contributed by atoms with Gasteiger partial charge >= 0.3 is 0 Å². The van der Waals surface area contributed by atoms with Crippen LogP contribution in [-0.4, -0.2) is 10.9 Å². The number of rotatable bonds is 4. The summed E-state index contributed by atoms with van der Waals surface area (Å²) in [5.41, 5.74) is 1.87. The van der Waals surface area contributed by atoms with Crippen LogP contribution in [0.4, 0.5) is 0 Å². The van der Waals surface area contributed by atoms with Gasteiger partial charge in [0.05, 0.1) is 6.54 Å². The lowest BCUT2D eigenvalue weighted by atomic mass is 10.2. The second-order valence-electron chi connectivity index (χ2n) is 4.72. The number of carbonyl (C=O) groups excluding carboxylic acids is 1. The topological polar surface area (TPSA) is 55.1 Å². The lowest BCUT2D eigenvalue weighted by Gasteiger charge is -1.98. The van der Waals surface area contributed by atoms with Crippen LogP contribution in [-0.2, 0) is 11.3 Å². The SMILES string of the molecule is CC(=O)NCc1ccc(-c2csc(-c3cccc(Br)c3)n2)o1. The maximum atomic E-state index is 10.9. The van der Waals surface area contributed by atoms with Crippen LogP contribution in [0.5, 0.6) is 0 Å². The standard InChI is InChI=1S/C16H13BrN2O2S/c1-10(20)18-8-13-5-6-15(21-13)14-9-22-16(19-14)11-3-2-4-12(17)7-11/h2-7,9H,8H2,1H3,(H,18,20). The molecule has 112 valence electrons. The van der Waals surface area contributed by atoms with E-state index in [2.05, 4.69) is 26.2 Å². The van der Waals surface area contributed by atoms with Crippen molar-refractivity contribution >= 4 is 33.2 Å². The van der Waals surface area contributed by atoms with Crippen LogP contribution in [0.3, 0.4) is 0 Å². The highest BCUT2D eigenvalue weighted by Crippen LogP contribution is 2.30. The Morgan fingerprint density at radius 2 is 2.23 bits per heavy atom. The number of furan rings is 1. The first-order valence-electron chi connectivity index (χ1n) is 6.67. The molecule has 0 saturated heterocycles. The van der Waals surface area contributed by atoms with Gasteiger partial charge in [0.15, 0.2) is 5.76 Å². The Balaban J connectivity index is 1.80. The normalized spacial score (nSPS) is 10.6. The minimum absolute atomic E-state index is 0.0800. The van der Waals surface area contributed by atoms with Gasteiger partial charge in [-0.1, -0.05) is 28.1 Å². The van der Waals surface area contributed by atoms with Gasteiger partial charge in [-0.3, -0.25) is 4.79 Å². The molecule has 0 aliphatic rings. The zero-order valence-corrected chi connectivity index (χ0v) is 14.2. The van der Waals surface area contributed by atoms with Gasteiger partial charge < -0.3 is 9.73 Å². The summed E-state index contributed by atoms with van der Waals surface area (Å²) in [5, 5.41) is 5.62. The molecule has 0 unspecified atom stereocenters. The molecule has 0 saturated carbocycles. The second-order valence-corrected chi connectivity index (χ2v) is 6.50. The van der Waals surface area contributed by atoms with E-state index in [-0.39, 0.29) is 5.91 Å². The van der Waals surface area contributed by atoms with Crippen LogP contribution in [0.2, 0.25) is 0 Å². The molecule has 2 aromatic heterocycles. The number of carbonyl (C=O) groups is 1. The fourth-order valence-electron chi connectivity index (χ4n) is 1.96. The van der Waals surface area contributed by atoms with Crippen LogP contribution in [0, 0.1) is 0 Å². The smallest absolute Gasteiger partial charge is 0.217 e. The van der Waals surface area contributed by atoms with Gasteiger partial charge in [-0.2, -0.15) is 0 Å². The van der Waals surface area contributed by atoms with Crippen LogP contribution < -0.4 is 5.32 Å². The number of nitrogens with one attached hydrogen (secondary N) is 1. The first-order valence-corrected chi connectivity index (χ1v) is 8.34. The maximum absolute atomic E-state index is 10.9. The number of amides is 1. The number of hydrogen-bond donors (Lipinski definition) is 1. The predicted molar refractivity (Wildman–Crippen MR) is 90.5 cm³/mol. The van der Waals surface area contributed by atoms with Crippen molar-refractivity contribution in [1.82, 2.24) is 10.3 Å². The third-order valence-corrected chi connectivity index (χ3v) is 4.39. The summed E-state index contributed by atoms with van der Waals surface area (Å²) in [6, 6.07) is 11.8. The summed E-state index contributed by atoms with van der Waals surface area (Å²) >= 11 is 5.04. The summed E-state index contributed by atoms with van der Waals surface area (Å²) in [6.07, 6.45) is 0. The van der Waals surface area contributed by atoms with Crippen LogP contribution in [0.1, 0.15) is 12.7 Å². The quantitative estimate of drug-likeness (QED) is 0.730. The van der Waals surface area contributed by atoms with Crippen LogP contribution >= 0.6 is 27.3 Å². The molecule has 1 aromatic carbocycles. The average Bonchev–Trinajstić information content (AvgIpc) is 3.14. The van der Waals surface area contributed by atoms with Crippen molar-refractivity contribution < 1.29 is 9.21 Å². The first-order chi connectivity index (χ1) is 10.6. The molecule has 6 heteroatoms. The Bertz CT molecular complexity index is 810. The van der Waals surface area contributed by atoms with Crippen molar-refractivity contribution in [3.8, 4) is 22.0 Å². The molecule has 0 aliphatic heterocycles. The van der Waals surface area contributed by atoms with E-state index in [1.54, 1.807) is 11.3 Å². The van der Waals surface area contributed by atoms with E-state index in [0.717, 1.165) is 20.7 Å². The Morgan fingerprint density at radius 3 is 3.00 bits per heavy atom. The number of nitrogens with zero attached hydrogens (tertiary/aromatic N) is 1. The molecule has 3 rings (SSSR count). The molecule has 0 bridgehead atoms.